The third-order valence-corrected chi connectivity index (χ3v) is 4.27. The van der Waals surface area contributed by atoms with E-state index in [-0.39, 0.29) is 23.9 Å². The Hall–Kier alpha value is -2.29. The second kappa shape index (κ2) is 7.75. The van der Waals surface area contributed by atoms with Crippen LogP contribution in [0.25, 0.3) is 0 Å². The Morgan fingerprint density at radius 2 is 1.96 bits per heavy atom. The van der Waals surface area contributed by atoms with Crippen LogP contribution in [0, 0.1) is 0 Å². The van der Waals surface area contributed by atoms with Crippen LogP contribution >= 0.6 is 0 Å². The van der Waals surface area contributed by atoms with Crippen molar-refractivity contribution in [1.82, 2.24) is 5.32 Å². The Morgan fingerprint density at radius 3 is 2.52 bits per heavy atom. The minimum absolute atomic E-state index is 0.0775. The van der Waals surface area contributed by atoms with Crippen molar-refractivity contribution in [3.63, 3.8) is 0 Å². The zero-order valence-corrected chi connectivity index (χ0v) is 15.7. The lowest BCUT2D eigenvalue weighted by Gasteiger charge is -2.39. The molecule has 0 aromatic heterocycles. The number of halogens is 3. The van der Waals surface area contributed by atoms with Crippen molar-refractivity contribution >= 4 is 17.5 Å². The van der Waals surface area contributed by atoms with Gasteiger partial charge in [-0.25, -0.2) is 0 Å². The molecule has 0 aliphatic carbocycles. The molecule has 0 unspecified atom stereocenters. The van der Waals surface area contributed by atoms with Gasteiger partial charge in [0.05, 0.1) is 16.8 Å². The summed E-state index contributed by atoms with van der Waals surface area (Å²) in [5.41, 5.74) is -2.82. The second-order valence-corrected chi connectivity index (χ2v) is 6.71. The van der Waals surface area contributed by atoms with E-state index in [9.17, 15) is 22.8 Å². The van der Waals surface area contributed by atoms with E-state index >= 15 is 0 Å². The summed E-state index contributed by atoms with van der Waals surface area (Å²) in [5, 5.41) is 2.20. The number of nitrogens with zero attached hydrogens (tertiary/aromatic N) is 1. The first kappa shape index (κ1) is 21.0. The lowest BCUT2D eigenvalue weighted by atomic mass is 9.98. The van der Waals surface area contributed by atoms with Crippen LogP contribution in [0.15, 0.2) is 12.1 Å². The van der Waals surface area contributed by atoms with Gasteiger partial charge in [-0.2, -0.15) is 13.2 Å². The molecule has 1 aromatic carbocycles. The van der Waals surface area contributed by atoms with E-state index in [4.69, 9.17) is 9.47 Å². The molecule has 2 rings (SSSR count). The molecule has 0 fully saturated rings. The summed E-state index contributed by atoms with van der Waals surface area (Å²) in [6, 6.07) is 1.86. The average Bonchev–Trinajstić information content (AvgIpc) is 2.59. The quantitative estimate of drug-likeness (QED) is 0.761. The number of anilines is 1. The monoisotopic (exact) mass is 388 g/mol. The number of rotatable bonds is 6. The highest BCUT2D eigenvalue weighted by molar-refractivity contribution is 6.04. The molecule has 6 nitrogen and oxygen atoms in total. The van der Waals surface area contributed by atoms with E-state index in [1.54, 1.807) is 7.11 Å². The summed E-state index contributed by atoms with van der Waals surface area (Å²) in [7, 11) is 2.81. The summed E-state index contributed by atoms with van der Waals surface area (Å²) >= 11 is 0. The molecule has 2 amide bonds. The van der Waals surface area contributed by atoms with Gasteiger partial charge >= 0.3 is 6.18 Å². The fourth-order valence-corrected chi connectivity index (χ4v) is 2.91. The first-order valence-electron chi connectivity index (χ1n) is 8.50. The summed E-state index contributed by atoms with van der Waals surface area (Å²) in [5.74, 6) is -1.34. The minimum atomic E-state index is -4.74. The molecular formula is C18H23F3N2O4. The Labute approximate surface area is 155 Å². The molecule has 27 heavy (non-hydrogen) atoms. The maximum atomic E-state index is 13.4. The fraction of sp³-hybridized carbons (Fsp3) is 0.556. The van der Waals surface area contributed by atoms with Crippen LogP contribution in [0.3, 0.4) is 0 Å². The second-order valence-electron chi connectivity index (χ2n) is 6.71. The maximum Gasteiger partial charge on any atom is 0.417 e. The van der Waals surface area contributed by atoms with Crippen LogP contribution in [-0.4, -0.2) is 44.7 Å². The topological polar surface area (TPSA) is 67.9 Å². The molecule has 0 spiro atoms. The van der Waals surface area contributed by atoms with E-state index in [2.05, 4.69) is 5.32 Å². The number of hydrogen-bond acceptors (Lipinski definition) is 4. The highest BCUT2D eigenvalue weighted by Crippen LogP contribution is 2.43. The number of carbonyl (C=O) groups excluding carboxylic acids is 2. The Balaban J connectivity index is 2.55. The molecule has 0 atom stereocenters. The van der Waals surface area contributed by atoms with Gasteiger partial charge in [-0.05, 0) is 38.8 Å². The lowest BCUT2D eigenvalue weighted by molar-refractivity contribution is -0.138. The Bertz CT molecular complexity index is 732. The molecule has 0 saturated carbocycles. The number of carbonyl (C=O) groups is 2. The molecule has 1 N–H and O–H groups in total. The first-order valence-corrected chi connectivity index (χ1v) is 8.50. The number of nitrogens with one attached hydrogen (secondary N) is 1. The lowest BCUT2D eigenvalue weighted by Crippen LogP contribution is -2.53. The van der Waals surface area contributed by atoms with Crippen molar-refractivity contribution in [3.05, 3.63) is 23.3 Å². The summed E-state index contributed by atoms with van der Waals surface area (Å²) < 4.78 is 50.8. The third kappa shape index (κ3) is 4.35. The number of ether oxygens (including phenoxy) is 2. The van der Waals surface area contributed by atoms with Crippen LogP contribution in [0.1, 0.15) is 42.6 Å². The van der Waals surface area contributed by atoms with Gasteiger partial charge < -0.3 is 19.7 Å². The molecule has 0 radical (unpaired) electrons. The van der Waals surface area contributed by atoms with Crippen molar-refractivity contribution < 1.29 is 32.2 Å². The van der Waals surface area contributed by atoms with Crippen LogP contribution in [0.5, 0.6) is 5.75 Å². The van der Waals surface area contributed by atoms with Crippen molar-refractivity contribution in [2.75, 3.05) is 32.2 Å². The molecule has 150 valence electrons. The highest BCUT2D eigenvalue weighted by atomic mass is 19.4. The predicted octanol–water partition coefficient (Wildman–Crippen LogP) is 3.00. The van der Waals surface area contributed by atoms with E-state index in [0.29, 0.717) is 19.4 Å². The zero-order valence-electron chi connectivity index (χ0n) is 15.7. The zero-order chi connectivity index (χ0) is 20.4. The van der Waals surface area contributed by atoms with Gasteiger partial charge in [0.15, 0.2) is 5.60 Å². The molecular weight excluding hydrogens is 365 g/mol. The standard InChI is InChI=1S/C18H23F3N2O4/c1-17(2)16(25)23(7-5-6-8-26-4)13-9-11(15(24)22-3)12(18(19,20)21)10-14(13)27-17/h9-10H,5-8H2,1-4H3,(H,22,24). The van der Waals surface area contributed by atoms with Crippen LogP contribution in [0.2, 0.25) is 0 Å². The first-order chi connectivity index (χ1) is 12.5. The molecule has 1 aliphatic rings. The number of methoxy groups -OCH3 is 1. The summed E-state index contributed by atoms with van der Waals surface area (Å²) in [6.07, 6.45) is -3.47. The molecule has 0 saturated heterocycles. The Morgan fingerprint density at radius 1 is 1.30 bits per heavy atom. The molecule has 0 bridgehead atoms. The van der Waals surface area contributed by atoms with Gasteiger partial charge in [-0.15, -0.1) is 0 Å². The van der Waals surface area contributed by atoms with Crippen molar-refractivity contribution in [1.29, 1.82) is 0 Å². The van der Waals surface area contributed by atoms with Crippen LogP contribution < -0.4 is 15.0 Å². The van der Waals surface area contributed by atoms with Gasteiger partial charge in [0.25, 0.3) is 11.8 Å². The van der Waals surface area contributed by atoms with E-state index in [0.717, 1.165) is 12.1 Å². The minimum Gasteiger partial charge on any atom is -0.476 e. The predicted molar refractivity (Wildman–Crippen MR) is 93.0 cm³/mol. The third-order valence-electron chi connectivity index (χ3n) is 4.27. The van der Waals surface area contributed by atoms with Gasteiger partial charge in [0.1, 0.15) is 5.75 Å². The summed E-state index contributed by atoms with van der Waals surface area (Å²) in [4.78, 5) is 26.1. The van der Waals surface area contributed by atoms with Crippen molar-refractivity contribution in [2.45, 2.75) is 38.5 Å². The smallest absolute Gasteiger partial charge is 0.417 e. The maximum absolute atomic E-state index is 13.4. The van der Waals surface area contributed by atoms with E-state index < -0.39 is 28.8 Å². The van der Waals surface area contributed by atoms with Gasteiger partial charge in [0, 0.05) is 27.3 Å². The van der Waals surface area contributed by atoms with Crippen molar-refractivity contribution in [2.24, 2.45) is 0 Å². The van der Waals surface area contributed by atoms with Crippen LogP contribution in [0.4, 0.5) is 18.9 Å². The van der Waals surface area contributed by atoms with Crippen molar-refractivity contribution in [3.8, 4) is 5.75 Å². The number of fused-ring (bicyclic) bond motifs is 1. The SMILES string of the molecule is CNC(=O)c1cc2c(cc1C(F)(F)F)OC(C)(C)C(=O)N2CCCCOC. The largest absolute Gasteiger partial charge is 0.476 e. The molecule has 1 heterocycles. The highest BCUT2D eigenvalue weighted by Gasteiger charge is 2.44. The van der Waals surface area contributed by atoms with Gasteiger partial charge in [-0.1, -0.05) is 0 Å². The fourth-order valence-electron chi connectivity index (χ4n) is 2.91. The number of benzene rings is 1. The number of alkyl halides is 3. The number of unbranched alkanes of at least 4 members (excludes halogenated alkanes) is 1. The Kier molecular flexibility index (Phi) is 6.04. The van der Waals surface area contributed by atoms with Gasteiger partial charge in [0.2, 0.25) is 0 Å². The summed E-state index contributed by atoms with van der Waals surface area (Å²) in [6.45, 7) is 3.78. The average molecular weight is 388 g/mol. The van der Waals surface area contributed by atoms with Crippen LogP contribution in [-0.2, 0) is 15.7 Å². The molecule has 9 heteroatoms. The van der Waals surface area contributed by atoms with E-state index in [1.165, 1.54) is 25.8 Å². The van der Waals surface area contributed by atoms with Gasteiger partial charge in [-0.3, -0.25) is 9.59 Å². The molecule has 1 aromatic rings. The van der Waals surface area contributed by atoms with E-state index in [1.807, 2.05) is 0 Å². The number of hydrogen-bond donors (Lipinski definition) is 1. The number of amides is 2. The normalized spacial score (nSPS) is 16.0. The molecule has 1 aliphatic heterocycles.